The van der Waals surface area contributed by atoms with Gasteiger partial charge in [-0.25, -0.2) is 0 Å². The predicted molar refractivity (Wildman–Crippen MR) is 99.8 cm³/mol. The molecule has 0 N–H and O–H groups in total. The molecular formula is C22H21NO4. The van der Waals surface area contributed by atoms with E-state index in [1.165, 1.54) is 4.90 Å². The Balaban J connectivity index is 1.38. The summed E-state index contributed by atoms with van der Waals surface area (Å²) in [5.74, 6) is 2.46. The molecular weight excluding hydrogens is 342 g/mol. The zero-order valence-electron chi connectivity index (χ0n) is 15.1. The fraction of sp³-hybridized carbons (Fsp3) is 0.364. The number of para-hydroxylation sites is 2. The van der Waals surface area contributed by atoms with Crippen LogP contribution in [0.25, 0.3) is 0 Å². The summed E-state index contributed by atoms with van der Waals surface area (Å²) in [6.45, 7) is 0. The van der Waals surface area contributed by atoms with Crippen LogP contribution in [0.1, 0.15) is 19.3 Å². The molecule has 1 heterocycles. The molecule has 0 unspecified atom stereocenters. The Hall–Kier alpha value is -2.82. The van der Waals surface area contributed by atoms with E-state index in [0.29, 0.717) is 34.8 Å². The molecule has 2 amide bonds. The average molecular weight is 363 g/mol. The minimum atomic E-state index is -0.0965. The Morgan fingerprint density at radius 3 is 2.04 bits per heavy atom. The van der Waals surface area contributed by atoms with Gasteiger partial charge < -0.3 is 9.47 Å². The Morgan fingerprint density at radius 1 is 0.852 bits per heavy atom. The van der Waals surface area contributed by atoms with Crippen LogP contribution in [0.5, 0.6) is 17.2 Å². The van der Waals surface area contributed by atoms with Crippen LogP contribution in [-0.4, -0.2) is 18.9 Å². The van der Waals surface area contributed by atoms with Gasteiger partial charge in [-0.05, 0) is 67.5 Å². The molecule has 1 saturated heterocycles. The molecule has 2 aromatic carbocycles. The van der Waals surface area contributed by atoms with Crippen LogP contribution in [0.2, 0.25) is 0 Å². The van der Waals surface area contributed by atoms with Crippen LogP contribution in [0.4, 0.5) is 5.69 Å². The Bertz CT molecular complexity index is 879. The van der Waals surface area contributed by atoms with Gasteiger partial charge >= 0.3 is 0 Å². The van der Waals surface area contributed by atoms with Crippen LogP contribution >= 0.6 is 0 Å². The first-order chi connectivity index (χ1) is 13.2. The summed E-state index contributed by atoms with van der Waals surface area (Å²) in [7, 11) is 1.60. The number of amides is 2. The molecule has 2 saturated carbocycles. The van der Waals surface area contributed by atoms with E-state index in [-0.39, 0.29) is 23.7 Å². The van der Waals surface area contributed by atoms with Crippen molar-refractivity contribution in [3.63, 3.8) is 0 Å². The van der Waals surface area contributed by atoms with Crippen molar-refractivity contribution in [1.29, 1.82) is 0 Å². The van der Waals surface area contributed by atoms with E-state index >= 15 is 0 Å². The fourth-order valence-corrected chi connectivity index (χ4v) is 5.16. The highest BCUT2D eigenvalue weighted by Gasteiger charge is 2.61. The quantitative estimate of drug-likeness (QED) is 0.770. The van der Waals surface area contributed by atoms with Gasteiger partial charge in [0, 0.05) is 0 Å². The van der Waals surface area contributed by atoms with Crippen LogP contribution in [0.3, 0.4) is 0 Å². The molecule has 0 aromatic heterocycles. The highest BCUT2D eigenvalue weighted by atomic mass is 16.5. The number of carbonyl (C=O) groups is 2. The van der Waals surface area contributed by atoms with Gasteiger partial charge in [-0.2, -0.15) is 0 Å². The summed E-state index contributed by atoms with van der Waals surface area (Å²) in [5, 5.41) is 0. The number of fused-ring (bicyclic) bond motifs is 5. The lowest BCUT2D eigenvalue weighted by atomic mass is 9.81. The monoisotopic (exact) mass is 363 g/mol. The number of nitrogens with zero attached hydrogens (tertiary/aromatic N) is 1. The number of anilines is 1. The third kappa shape index (κ3) is 2.45. The molecule has 4 atom stereocenters. The standard InChI is InChI=1S/C22H21NO4/c1-26-17-4-2-3-5-18(17)27-16-10-8-15(9-11-16)23-21(24)19-13-6-7-14(12-13)20(19)22(23)25/h2-5,8-11,13-14,19-20H,6-7,12H2,1H3/t13-,14-,19-,20+/m1/s1. The van der Waals surface area contributed by atoms with Gasteiger partial charge in [0.25, 0.3) is 0 Å². The first-order valence-corrected chi connectivity index (χ1v) is 9.46. The van der Waals surface area contributed by atoms with E-state index in [0.717, 1.165) is 19.3 Å². The normalized spacial score (nSPS) is 28.6. The second kappa shape index (κ2) is 6.12. The van der Waals surface area contributed by atoms with Crippen LogP contribution in [-0.2, 0) is 9.59 Å². The zero-order valence-corrected chi connectivity index (χ0v) is 15.1. The minimum Gasteiger partial charge on any atom is -0.493 e. The largest absolute Gasteiger partial charge is 0.493 e. The number of methoxy groups -OCH3 is 1. The number of rotatable bonds is 4. The van der Waals surface area contributed by atoms with E-state index in [4.69, 9.17) is 9.47 Å². The summed E-state index contributed by atoms with van der Waals surface area (Å²) in [5.41, 5.74) is 0.631. The molecule has 5 nitrogen and oxygen atoms in total. The molecule has 27 heavy (non-hydrogen) atoms. The summed E-state index contributed by atoms with van der Waals surface area (Å²) in [4.78, 5) is 27.2. The third-order valence-corrected chi connectivity index (χ3v) is 6.32. The molecule has 3 aliphatic rings. The number of imide groups is 1. The van der Waals surface area contributed by atoms with Gasteiger partial charge in [-0.15, -0.1) is 0 Å². The summed E-state index contributed by atoms with van der Waals surface area (Å²) < 4.78 is 11.2. The maximum Gasteiger partial charge on any atom is 0.237 e. The molecule has 2 bridgehead atoms. The molecule has 2 aliphatic carbocycles. The van der Waals surface area contributed by atoms with E-state index in [1.54, 1.807) is 31.4 Å². The lowest BCUT2D eigenvalue weighted by Crippen LogP contribution is -2.32. The molecule has 0 spiro atoms. The number of ether oxygens (including phenoxy) is 2. The highest BCUT2D eigenvalue weighted by Crippen LogP contribution is 2.56. The summed E-state index contributed by atoms with van der Waals surface area (Å²) in [6.07, 6.45) is 3.22. The minimum absolute atomic E-state index is 0.0180. The number of hydrogen-bond acceptors (Lipinski definition) is 4. The smallest absolute Gasteiger partial charge is 0.237 e. The predicted octanol–water partition coefficient (Wildman–Crippen LogP) is 4.02. The molecule has 1 aliphatic heterocycles. The first-order valence-electron chi connectivity index (χ1n) is 9.46. The van der Waals surface area contributed by atoms with Gasteiger partial charge in [-0.3, -0.25) is 14.5 Å². The molecule has 138 valence electrons. The van der Waals surface area contributed by atoms with Gasteiger partial charge in [0.2, 0.25) is 11.8 Å². The van der Waals surface area contributed by atoms with Crippen molar-refractivity contribution < 1.29 is 19.1 Å². The summed E-state index contributed by atoms with van der Waals surface area (Å²) >= 11 is 0. The Labute approximate surface area is 157 Å². The molecule has 2 aromatic rings. The van der Waals surface area contributed by atoms with Gasteiger partial charge in [0.1, 0.15) is 5.75 Å². The van der Waals surface area contributed by atoms with Crippen molar-refractivity contribution in [1.82, 2.24) is 0 Å². The molecule has 3 fully saturated rings. The maximum atomic E-state index is 12.9. The van der Waals surface area contributed by atoms with E-state index in [9.17, 15) is 9.59 Å². The van der Waals surface area contributed by atoms with Crippen molar-refractivity contribution in [2.75, 3.05) is 12.0 Å². The fourth-order valence-electron chi connectivity index (χ4n) is 5.16. The molecule has 5 rings (SSSR count). The average Bonchev–Trinajstić information content (AvgIpc) is 3.37. The van der Waals surface area contributed by atoms with Gasteiger partial charge in [-0.1, -0.05) is 12.1 Å². The number of hydrogen-bond donors (Lipinski definition) is 0. The Morgan fingerprint density at radius 2 is 1.44 bits per heavy atom. The SMILES string of the molecule is COc1ccccc1Oc1ccc(N2C(=O)[C@@H]3[C@@H]4CC[C@H](C4)[C@@H]3C2=O)cc1. The molecule has 5 heteroatoms. The van der Waals surface area contributed by atoms with Crippen LogP contribution in [0.15, 0.2) is 48.5 Å². The van der Waals surface area contributed by atoms with Crippen molar-refractivity contribution >= 4 is 17.5 Å². The van der Waals surface area contributed by atoms with Crippen LogP contribution < -0.4 is 14.4 Å². The molecule has 0 radical (unpaired) electrons. The first kappa shape index (κ1) is 16.4. The van der Waals surface area contributed by atoms with Crippen molar-refractivity contribution in [3.8, 4) is 17.2 Å². The van der Waals surface area contributed by atoms with Gasteiger partial charge in [0.15, 0.2) is 11.5 Å². The number of carbonyl (C=O) groups excluding carboxylic acids is 2. The van der Waals surface area contributed by atoms with Gasteiger partial charge in [0.05, 0.1) is 24.6 Å². The summed E-state index contributed by atoms with van der Waals surface area (Å²) in [6, 6.07) is 14.5. The number of benzene rings is 2. The van der Waals surface area contributed by atoms with Crippen LogP contribution in [0, 0.1) is 23.7 Å². The lowest BCUT2D eigenvalue weighted by molar-refractivity contribution is -0.123. The van der Waals surface area contributed by atoms with Crippen molar-refractivity contribution in [2.45, 2.75) is 19.3 Å². The Kier molecular flexibility index (Phi) is 3.71. The van der Waals surface area contributed by atoms with E-state index < -0.39 is 0 Å². The topological polar surface area (TPSA) is 55.8 Å². The van der Waals surface area contributed by atoms with E-state index in [1.807, 2.05) is 24.3 Å². The van der Waals surface area contributed by atoms with Crippen molar-refractivity contribution in [2.24, 2.45) is 23.7 Å². The van der Waals surface area contributed by atoms with E-state index in [2.05, 4.69) is 0 Å². The second-order valence-electron chi connectivity index (χ2n) is 7.64. The van der Waals surface area contributed by atoms with Crippen molar-refractivity contribution in [3.05, 3.63) is 48.5 Å². The maximum absolute atomic E-state index is 12.9. The third-order valence-electron chi connectivity index (χ3n) is 6.32. The lowest BCUT2D eigenvalue weighted by Gasteiger charge is -2.19. The second-order valence-corrected chi connectivity index (χ2v) is 7.64. The highest BCUT2D eigenvalue weighted by molar-refractivity contribution is 6.22. The zero-order chi connectivity index (χ0) is 18.5.